The van der Waals surface area contributed by atoms with Crippen molar-refractivity contribution in [3.63, 3.8) is 0 Å². The molecule has 2 N–H and O–H groups in total. The quantitative estimate of drug-likeness (QED) is 0.753. The third-order valence-electron chi connectivity index (χ3n) is 3.68. The molecule has 1 unspecified atom stereocenters. The van der Waals surface area contributed by atoms with Crippen LogP contribution in [-0.4, -0.2) is 24.7 Å². The number of fused-ring (bicyclic) bond motifs is 1. The van der Waals surface area contributed by atoms with E-state index in [-0.39, 0.29) is 12.5 Å². The first-order valence-corrected chi connectivity index (χ1v) is 7.98. The largest absolute Gasteiger partial charge is 0.497 e. The van der Waals surface area contributed by atoms with Crippen molar-refractivity contribution in [2.45, 2.75) is 13.0 Å². The molecular weight excluding hydrogens is 314 g/mol. The van der Waals surface area contributed by atoms with Crippen molar-refractivity contribution in [3.8, 4) is 5.75 Å². The number of hydrogen-bond donors (Lipinski definition) is 2. The maximum Gasteiger partial charge on any atom is 0.261 e. The van der Waals surface area contributed by atoms with E-state index in [1.165, 1.54) is 17.6 Å². The molecule has 0 fully saturated rings. The molecule has 1 amide bonds. The first-order valence-electron chi connectivity index (χ1n) is 7.17. The van der Waals surface area contributed by atoms with E-state index in [0.717, 1.165) is 21.4 Å². The molecule has 5 nitrogen and oxygen atoms in total. The van der Waals surface area contributed by atoms with Gasteiger partial charge in [-0.15, -0.1) is 11.3 Å². The molecule has 3 aromatic rings. The van der Waals surface area contributed by atoms with Gasteiger partial charge in [0.15, 0.2) is 0 Å². The molecule has 0 saturated heterocycles. The molecule has 23 heavy (non-hydrogen) atoms. The first-order chi connectivity index (χ1) is 11.1. The standard InChI is InChI=1S/C17H17NO4S/c1-10-12-8-11(21-2)5-6-15(12)23-16(10)17(20)18-9-13(19)14-4-3-7-22-14/h3-8,13,19H,9H2,1-2H3,(H,18,20). The van der Waals surface area contributed by atoms with Gasteiger partial charge in [0.2, 0.25) is 0 Å². The summed E-state index contributed by atoms with van der Waals surface area (Å²) in [5.41, 5.74) is 0.911. The minimum absolute atomic E-state index is 0.101. The van der Waals surface area contributed by atoms with E-state index in [9.17, 15) is 9.90 Å². The predicted molar refractivity (Wildman–Crippen MR) is 89.1 cm³/mol. The predicted octanol–water partition coefficient (Wildman–Crippen LogP) is 3.27. The average Bonchev–Trinajstić information content (AvgIpc) is 3.20. The van der Waals surface area contributed by atoms with Crippen LogP contribution < -0.4 is 10.1 Å². The Morgan fingerprint density at radius 2 is 2.26 bits per heavy atom. The second kappa shape index (κ2) is 6.44. The molecule has 2 heterocycles. The van der Waals surface area contributed by atoms with E-state index in [2.05, 4.69) is 5.32 Å². The van der Waals surface area contributed by atoms with Gasteiger partial charge >= 0.3 is 0 Å². The monoisotopic (exact) mass is 331 g/mol. The Bertz CT molecular complexity index is 823. The lowest BCUT2D eigenvalue weighted by Gasteiger charge is -2.09. The van der Waals surface area contributed by atoms with Gasteiger partial charge < -0.3 is 19.6 Å². The topological polar surface area (TPSA) is 71.7 Å². The van der Waals surface area contributed by atoms with Crippen LogP contribution in [0.1, 0.15) is 27.1 Å². The normalized spacial score (nSPS) is 12.3. The number of benzene rings is 1. The third-order valence-corrected chi connectivity index (χ3v) is 4.95. The summed E-state index contributed by atoms with van der Waals surface area (Å²) in [6.07, 6.45) is 0.632. The number of aliphatic hydroxyl groups excluding tert-OH is 1. The summed E-state index contributed by atoms with van der Waals surface area (Å²) in [4.78, 5) is 13.0. The molecule has 0 spiro atoms. The van der Waals surface area contributed by atoms with Crippen LogP contribution in [0.3, 0.4) is 0 Å². The maximum atomic E-state index is 12.4. The van der Waals surface area contributed by atoms with Gasteiger partial charge in [0, 0.05) is 4.70 Å². The van der Waals surface area contributed by atoms with Crippen molar-refractivity contribution in [3.05, 3.63) is 52.8 Å². The number of ether oxygens (including phenoxy) is 1. The average molecular weight is 331 g/mol. The number of hydrogen-bond acceptors (Lipinski definition) is 5. The molecule has 0 aliphatic heterocycles. The molecule has 0 radical (unpaired) electrons. The summed E-state index contributed by atoms with van der Waals surface area (Å²) < 4.78 is 11.4. The molecule has 0 aliphatic carbocycles. The number of furan rings is 1. The van der Waals surface area contributed by atoms with Gasteiger partial charge in [-0.05, 0) is 48.2 Å². The molecule has 1 aromatic carbocycles. The van der Waals surface area contributed by atoms with Crippen molar-refractivity contribution >= 4 is 27.3 Å². The van der Waals surface area contributed by atoms with E-state index in [1.807, 2.05) is 25.1 Å². The van der Waals surface area contributed by atoms with Crippen molar-refractivity contribution in [1.29, 1.82) is 0 Å². The van der Waals surface area contributed by atoms with Gasteiger partial charge in [0.05, 0.1) is 24.8 Å². The van der Waals surface area contributed by atoms with Gasteiger partial charge in [-0.3, -0.25) is 4.79 Å². The van der Waals surface area contributed by atoms with Crippen LogP contribution in [0.25, 0.3) is 10.1 Å². The van der Waals surface area contributed by atoms with Crippen molar-refractivity contribution in [2.75, 3.05) is 13.7 Å². The maximum absolute atomic E-state index is 12.4. The number of thiophene rings is 1. The number of aryl methyl sites for hydroxylation is 1. The minimum Gasteiger partial charge on any atom is -0.497 e. The Balaban J connectivity index is 1.77. The third kappa shape index (κ3) is 3.09. The zero-order chi connectivity index (χ0) is 16.4. The number of amides is 1. The highest BCUT2D eigenvalue weighted by atomic mass is 32.1. The van der Waals surface area contributed by atoms with Gasteiger partial charge in [0.25, 0.3) is 5.91 Å². The SMILES string of the molecule is COc1ccc2sc(C(=O)NCC(O)c3ccco3)c(C)c2c1. The fourth-order valence-corrected chi connectivity index (χ4v) is 3.50. The number of carbonyl (C=O) groups is 1. The van der Waals surface area contributed by atoms with Gasteiger partial charge in [0.1, 0.15) is 17.6 Å². The van der Waals surface area contributed by atoms with Crippen molar-refractivity contribution in [1.82, 2.24) is 5.32 Å². The Morgan fingerprint density at radius 3 is 2.96 bits per heavy atom. The van der Waals surface area contributed by atoms with Gasteiger partial charge in [-0.2, -0.15) is 0 Å². The molecule has 0 aliphatic rings. The summed E-state index contributed by atoms with van der Waals surface area (Å²) >= 11 is 1.43. The highest BCUT2D eigenvalue weighted by Gasteiger charge is 2.18. The molecule has 0 bridgehead atoms. The Labute approximate surface area is 137 Å². The number of aliphatic hydroxyl groups is 1. The van der Waals surface area contributed by atoms with Crippen molar-refractivity contribution < 1.29 is 19.1 Å². The van der Waals surface area contributed by atoms with Crippen molar-refractivity contribution in [2.24, 2.45) is 0 Å². The number of nitrogens with one attached hydrogen (secondary N) is 1. The Morgan fingerprint density at radius 1 is 1.43 bits per heavy atom. The van der Waals surface area contributed by atoms with Crippen LogP contribution in [-0.2, 0) is 0 Å². The van der Waals surface area contributed by atoms with Crippen LogP contribution in [0.15, 0.2) is 41.0 Å². The second-order valence-corrected chi connectivity index (χ2v) is 6.21. The fourth-order valence-electron chi connectivity index (χ4n) is 2.39. The second-order valence-electron chi connectivity index (χ2n) is 5.16. The molecular formula is C17H17NO4S. The minimum atomic E-state index is -0.858. The Hall–Kier alpha value is -2.31. The molecule has 6 heteroatoms. The summed E-state index contributed by atoms with van der Waals surface area (Å²) in [5.74, 6) is 0.995. The van der Waals surface area contributed by atoms with E-state index >= 15 is 0 Å². The summed E-state index contributed by atoms with van der Waals surface area (Å²) in [6.45, 7) is 2.01. The summed E-state index contributed by atoms with van der Waals surface area (Å²) in [5, 5.41) is 13.7. The lowest BCUT2D eigenvalue weighted by atomic mass is 10.1. The smallest absolute Gasteiger partial charge is 0.261 e. The van der Waals surface area contributed by atoms with Crippen LogP contribution >= 0.6 is 11.3 Å². The zero-order valence-corrected chi connectivity index (χ0v) is 13.6. The Kier molecular flexibility index (Phi) is 4.36. The molecule has 120 valence electrons. The molecule has 1 atom stereocenters. The zero-order valence-electron chi connectivity index (χ0n) is 12.8. The lowest BCUT2D eigenvalue weighted by Crippen LogP contribution is -2.28. The van der Waals surface area contributed by atoms with E-state index in [4.69, 9.17) is 9.15 Å². The van der Waals surface area contributed by atoms with Crippen LogP contribution in [0.2, 0.25) is 0 Å². The molecule has 2 aromatic heterocycles. The molecule has 0 saturated carbocycles. The van der Waals surface area contributed by atoms with Gasteiger partial charge in [-0.25, -0.2) is 0 Å². The first kappa shape index (κ1) is 15.6. The highest BCUT2D eigenvalue weighted by Crippen LogP contribution is 2.33. The highest BCUT2D eigenvalue weighted by molar-refractivity contribution is 7.21. The van der Waals surface area contributed by atoms with E-state index < -0.39 is 6.10 Å². The molecule has 3 rings (SSSR count). The fraction of sp³-hybridized carbons (Fsp3) is 0.235. The van der Waals surface area contributed by atoms with E-state index in [1.54, 1.807) is 19.2 Å². The van der Waals surface area contributed by atoms with Gasteiger partial charge in [-0.1, -0.05) is 0 Å². The number of methoxy groups -OCH3 is 1. The van der Waals surface area contributed by atoms with Crippen LogP contribution in [0.5, 0.6) is 5.75 Å². The lowest BCUT2D eigenvalue weighted by molar-refractivity contribution is 0.0904. The number of rotatable bonds is 5. The van der Waals surface area contributed by atoms with Crippen LogP contribution in [0.4, 0.5) is 0 Å². The van der Waals surface area contributed by atoms with E-state index in [0.29, 0.717) is 10.6 Å². The number of carbonyl (C=O) groups excluding carboxylic acids is 1. The van der Waals surface area contributed by atoms with Crippen LogP contribution in [0, 0.1) is 6.92 Å². The summed E-state index contributed by atoms with van der Waals surface area (Å²) in [7, 11) is 1.62. The summed E-state index contributed by atoms with van der Waals surface area (Å²) in [6, 6.07) is 9.12.